The summed E-state index contributed by atoms with van der Waals surface area (Å²) in [6.45, 7) is 9.36. The highest BCUT2D eigenvalue weighted by Crippen LogP contribution is 2.40. The van der Waals surface area contributed by atoms with Crippen molar-refractivity contribution in [2.45, 2.75) is 18.9 Å². The molecule has 4 rings (SSSR count). The fourth-order valence-corrected chi connectivity index (χ4v) is 3.71. The molecule has 4 heteroatoms. The van der Waals surface area contributed by atoms with Crippen molar-refractivity contribution >= 4 is 6.08 Å². The molecule has 4 nitrogen and oxygen atoms in total. The largest absolute Gasteiger partial charge is 0.483 e. The molecule has 2 heterocycles. The maximum absolute atomic E-state index is 9.41. The third-order valence-corrected chi connectivity index (χ3v) is 5.33. The fourth-order valence-electron chi connectivity index (χ4n) is 3.71. The summed E-state index contributed by atoms with van der Waals surface area (Å²) in [5, 5.41) is 9.41. The summed E-state index contributed by atoms with van der Waals surface area (Å²) >= 11 is 0. The Morgan fingerprint density at radius 3 is 2.42 bits per heavy atom. The Bertz CT molecular complexity index is 1220. The van der Waals surface area contributed by atoms with Crippen LogP contribution in [0.5, 0.6) is 0 Å². The second-order valence-electron chi connectivity index (χ2n) is 7.54. The van der Waals surface area contributed by atoms with Crippen LogP contribution < -0.4 is 0 Å². The molecule has 0 spiro atoms. The second-order valence-corrected chi connectivity index (χ2v) is 7.54. The molecule has 0 bridgehead atoms. The van der Waals surface area contributed by atoms with Crippen LogP contribution in [0.25, 0.3) is 16.6 Å². The van der Waals surface area contributed by atoms with Gasteiger partial charge in [0.1, 0.15) is 11.4 Å². The van der Waals surface area contributed by atoms with Crippen LogP contribution in [0, 0.1) is 17.9 Å². The summed E-state index contributed by atoms with van der Waals surface area (Å²) in [6, 6.07) is 24.1. The van der Waals surface area contributed by atoms with E-state index in [1.54, 1.807) is 6.08 Å². The molecular weight excluding hydrogens is 382 g/mol. The van der Waals surface area contributed by atoms with Crippen LogP contribution in [0.4, 0.5) is 0 Å². The van der Waals surface area contributed by atoms with Crippen LogP contribution in [-0.4, -0.2) is 4.57 Å². The third kappa shape index (κ3) is 4.34. The minimum Gasteiger partial charge on any atom is -0.483 e. The lowest BCUT2D eigenvalue weighted by molar-refractivity contribution is 0.0143. The van der Waals surface area contributed by atoms with Gasteiger partial charge in [-0.15, -0.1) is 0 Å². The van der Waals surface area contributed by atoms with Crippen molar-refractivity contribution < 1.29 is 4.74 Å². The Labute approximate surface area is 182 Å². The number of nitriles is 1. The smallest absolute Gasteiger partial charge is 0.265 e. The Morgan fingerprint density at radius 1 is 1.06 bits per heavy atom. The minimum atomic E-state index is -0.657. The Morgan fingerprint density at radius 2 is 1.77 bits per heavy atom. The Balaban J connectivity index is 1.65. The van der Waals surface area contributed by atoms with Crippen molar-refractivity contribution in [1.29, 1.82) is 5.26 Å². The van der Waals surface area contributed by atoms with E-state index in [9.17, 15) is 5.26 Å². The second kappa shape index (κ2) is 8.61. The molecule has 0 saturated heterocycles. The molecule has 0 amide bonds. The van der Waals surface area contributed by atoms with E-state index in [0.717, 1.165) is 16.8 Å². The van der Waals surface area contributed by atoms with Crippen LogP contribution in [0.1, 0.15) is 24.5 Å². The molecule has 1 atom stereocenters. The first-order chi connectivity index (χ1) is 15.1. The normalized spacial score (nSPS) is 19.8. The molecule has 1 unspecified atom stereocenters. The summed E-state index contributed by atoms with van der Waals surface area (Å²) in [5.74, 6) is 0.624. The van der Waals surface area contributed by atoms with E-state index < -0.39 is 5.60 Å². The average molecular weight is 403 g/mol. The summed E-state index contributed by atoms with van der Waals surface area (Å²) in [4.78, 5) is 3.42. The first kappa shape index (κ1) is 20.0. The lowest BCUT2D eigenvalue weighted by Gasteiger charge is -2.36. The van der Waals surface area contributed by atoms with E-state index in [-0.39, 0.29) is 5.70 Å². The van der Waals surface area contributed by atoms with Gasteiger partial charge in [-0.2, -0.15) is 0 Å². The molecule has 0 aliphatic carbocycles. The summed E-state index contributed by atoms with van der Waals surface area (Å²) < 4.78 is 8.41. The first-order valence-corrected chi connectivity index (χ1v) is 10.00. The molecule has 31 heavy (non-hydrogen) atoms. The van der Waals surface area contributed by atoms with Gasteiger partial charge in [0.25, 0.3) is 5.70 Å². The SMILES string of the molecule is [C-]#[N+]/C(C#N)=C1C=C(/C=C/c2ccc(-n3cccc3)cc2)OC(C)(c2ccccc2)C\1. The Hall–Kier alpha value is -4.28. The number of hydrogen-bond acceptors (Lipinski definition) is 2. The van der Waals surface area contributed by atoms with E-state index in [1.807, 2.05) is 92.1 Å². The average Bonchev–Trinajstić information content (AvgIpc) is 3.34. The lowest BCUT2D eigenvalue weighted by atomic mass is 9.85. The summed E-state index contributed by atoms with van der Waals surface area (Å²) in [5.41, 5.74) is 3.27. The molecular formula is C27H21N3O. The number of allylic oxidation sites excluding steroid dienone is 3. The van der Waals surface area contributed by atoms with Gasteiger partial charge in [-0.05, 0) is 60.0 Å². The minimum absolute atomic E-state index is 0.104. The van der Waals surface area contributed by atoms with Crippen LogP contribution in [0.15, 0.2) is 108 Å². The van der Waals surface area contributed by atoms with Gasteiger partial charge >= 0.3 is 0 Å². The van der Waals surface area contributed by atoms with Crippen LogP contribution >= 0.6 is 0 Å². The molecule has 1 aliphatic rings. The van der Waals surface area contributed by atoms with Crippen molar-refractivity contribution in [3.8, 4) is 11.8 Å². The van der Waals surface area contributed by atoms with Gasteiger partial charge in [0.15, 0.2) is 0 Å². The van der Waals surface area contributed by atoms with E-state index >= 15 is 0 Å². The van der Waals surface area contributed by atoms with Crippen molar-refractivity contribution in [2.75, 3.05) is 0 Å². The molecule has 1 aliphatic heterocycles. The molecule has 0 saturated carbocycles. The monoisotopic (exact) mass is 403 g/mol. The summed E-state index contributed by atoms with van der Waals surface area (Å²) in [7, 11) is 0. The first-order valence-electron chi connectivity index (χ1n) is 10.00. The zero-order valence-electron chi connectivity index (χ0n) is 17.2. The van der Waals surface area contributed by atoms with Crippen molar-refractivity contribution in [1.82, 2.24) is 4.57 Å². The van der Waals surface area contributed by atoms with Crippen molar-refractivity contribution in [3.63, 3.8) is 0 Å². The van der Waals surface area contributed by atoms with Gasteiger partial charge in [0.05, 0.1) is 12.6 Å². The number of aromatic nitrogens is 1. The highest BCUT2D eigenvalue weighted by molar-refractivity contribution is 5.56. The molecule has 1 aromatic heterocycles. The lowest BCUT2D eigenvalue weighted by Crippen LogP contribution is -2.29. The van der Waals surface area contributed by atoms with Gasteiger partial charge in [0.2, 0.25) is 0 Å². The van der Waals surface area contributed by atoms with Crippen LogP contribution in [0.2, 0.25) is 0 Å². The predicted molar refractivity (Wildman–Crippen MR) is 122 cm³/mol. The number of benzene rings is 2. The van der Waals surface area contributed by atoms with Gasteiger partial charge in [0, 0.05) is 24.5 Å². The van der Waals surface area contributed by atoms with E-state index in [1.165, 1.54) is 0 Å². The molecule has 2 aromatic carbocycles. The molecule has 150 valence electrons. The van der Waals surface area contributed by atoms with Gasteiger partial charge in [-0.25, -0.2) is 10.1 Å². The molecule has 0 fully saturated rings. The molecule has 3 aromatic rings. The zero-order valence-corrected chi connectivity index (χ0v) is 17.2. The number of hydrogen-bond donors (Lipinski definition) is 0. The fraction of sp³-hybridized carbons (Fsp3) is 0.111. The van der Waals surface area contributed by atoms with E-state index in [0.29, 0.717) is 17.8 Å². The topological polar surface area (TPSA) is 42.3 Å². The zero-order chi connectivity index (χ0) is 21.7. The Kier molecular flexibility index (Phi) is 5.56. The highest BCUT2D eigenvalue weighted by Gasteiger charge is 2.34. The van der Waals surface area contributed by atoms with E-state index in [2.05, 4.69) is 21.5 Å². The van der Waals surface area contributed by atoms with Crippen LogP contribution in [-0.2, 0) is 10.3 Å². The highest BCUT2D eigenvalue weighted by atomic mass is 16.5. The van der Waals surface area contributed by atoms with Gasteiger partial charge in [-0.1, -0.05) is 48.5 Å². The molecule has 0 radical (unpaired) electrons. The van der Waals surface area contributed by atoms with Gasteiger partial charge < -0.3 is 9.30 Å². The summed E-state index contributed by atoms with van der Waals surface area (Å²) in [6.07, 6.45) is 10.1. The number of ether oxygens (including phenoxy) is 1. The maximum Gasteiger partial charge on any atom is 0.265 e. The molecule has 0 N–H and O–H groups in total. The predicted octanol–water partition coefficient (Wildman–Crippen LogP) is 6.41. The van der Waals surface area contributed by atoms with E-state index in [4.69, 9.17) is 11.3 Å². The quantitative estimate of drug-likeness (QED) is 0.373. The standard InChI is InChI=1S/C27H21N3O/c1-27(23-8-4-3-5-9-23)19-22(26(20-28)29-2)18-25(31-27)15-12-21-10-13-24(14-11-21)30-16-6-7-17-30/h3-18H,19H2,1H3/b15-12+,26-22+. The number of nitrogens with zero attached hydrogens (tertiary/aromatic N) is 3. The number of rotatable bonds is 4. The van der Waals surface area contributed by atoms with Crippen LogP contribution in [0.3, 0.4) is 0 Å². The van der Waals surface area contributed by atoms with Crippen molar-refractivity contribution in [2.24, 2.45) is 0 Å². The maximum atomic E-state index is 9.41. The van der Waals surface area contributed by atoms with Gasteiger partial charge in [-0.3, -0.25) is 0 Å². The third-order valence-electron chi connectivity index (χ3n) is 5.33. The van der Waals surface area contributed by atoms with Crippen molar-refractivity contribution in [3.05, 3.63) is 131 Å².